The Morgan fingerprint density at radius 3 is 2.41 bits per heavy atom. The second-order valence-corrected chi connectivity index (χ2v) is 9.60. The fourth-order valence-corrected chi connectivity index (χ4v) is 4.78. The monoisotopic (exact) mass is 515 g/mol. The highest BCUT2D eigenvalue weighted by molar-refractivity contribution is 9.10. The molecule has 5 rings (SSSR count). The fraction of sp³-hybridized carbons (Fsp3) is 0.222. The number of aryl methyl sites for hydroxylation is 1. The molecule has 0 unspecified atom stereocenters. The second-order valence-electron chi connectivity index (χ2n) is 8.69. The summed E-state index contributed by atoms with van der Waals surface area (Å²) in [5.74, 6) is 0.324. The van der Waals surface area contributed by atoms with E-state index >= 15 is 0 Å². The summed E-state index contributed by atoms with van der Waals surface area (Å²) in [5, 5.41) is 18.2. The number of nitrogens with zero attached hydrogens (tertiary/aromatic N) is 3. The number of hydrogen-bond acceptors (Lipinski definition) is 3. The van der Waals surface area contributed by atoms with Gasteiger partial charge in [-0.3, -0.25) is 10.2 Å². The predicted octanol–water partition coefficient (Wildman–Crippen LogP) is 6.16. The number of rotatable bonds is 4. The highest BCUT2D eigenvalue weighted by atomic mass is 79.9. The van der Waals surface area contributed by atoms with Gasteiger partial charge in [0.1, 0.15) is 11.5 Å². The number of amides is 1. The minimum absolute atomic E-state index is 0.227. The number of piperidine rings is 1. The molecule has 2 heterocycles. The molecule has 0 aliphatic carbocycles. The molecular formula is C27H26BrN5O. The Hall–Kier alpha value is -3.45. The molecule has 2 N–H and O–H groups in total. The maximum Gasteiger partial charge on any atom is 0.274 e. The van der Waals surface area contributed by atoms with E-state index < -0.39 is 0 Å². The predicted molar refractivity (Wildman–Crippen MR) is 140 cm³/mol. The maximum atomic E-state index is 13.2. The lowest BCUT2D eigenvalue weighted by Crippen LogP contribution is -2.35. The summed E-state index contributed by atoms with van der Waals surface area (Å²) in [4.78, 5) is 15.3. The molecule has 0 radical (unpaired) electrons. The molecule has 0 atom stereocenters. The number of nitrogens with one attached hydrogen (secondary N) is 2. The molecule has 4 aromatic rings. The van der Waals surface area contributed by atoms with E-state index in [1.807, 2.05) is 61.5 Å². The Morgan fingerprint density at radius 2 is 1.65 bits per heavy atom. The number of anilines is 1. The normalized spacial score (nSPS) is 13.8. The molecule has 1 aliphatic rings. The second kappa shape index (κ2) is 9.43. The van der Waals surface area contributed by atoms with Crippen LogP contribution in [0.4, 0.5) is 5.69 Å². The number of fused-ring (bicyclic) bond motifs is 1. The van der Waals surface area contributed by atoms with E-state index in [2.05, 4.69) is 37.3 Å². The highest BCUT2D eigenvalue weighted by Gasteiger charge is 2.18. The first kappa shape index (κ1) is 22.3. The summed E-state index contributed by atoms with van der Waals surface area (Å²) in [6.07, 6.45) is 3.51. The summed E-state index contributed by atoms with van der Waals surface area (Å²) in [6.45, 7) is 3.76. The summed E-state index contributed by atoms with van der Waals surface area (Å²) in [6, 6.07) is 21.4. The van der Waals surface area contributed by atoms with Gasteiger partial charge in [-0.25, -0.2) is 4.68 Å². The molecule has 0 saturated carbocycles. The SMILES string of the molecule is Cc1cc(C(=O)Nc2ccc(C(=N)N3CCCCC3)cc2)n(-c2ccc3cc(Br)ccc3c2)n1. The van der Waals surface area contributed by atoms with Gasteiger partial charge in [-0.2, -0.15) is 5.10 Å². The molecule has 3 aromatic carbocycles. The molecule has 1 amide bonds. The molecule has 1 fully saturated rings. The van der Waals surface area contributed by atoms with E-state index in [1.165, 1.54) is 6.42 Å². The van der Waals surface area contributed by atoms with Crippen molar-refractivity contribution in [1.29, 1.82) is 5.41 Å². The van der Waals surface area contributed by atoms with Crippen LogP contribution >= 0.6 is 15.9 Å². The lowest BCUT2D eigenvalue weighted by atomic mass is 10.1. The van der Waals surface area contributed by atoms with Gasteiger partial charge in [0.05, 0.1) is 11.4 Å². The van der Waals surface area contributed by atoms with E-state index in [1.54, 1.807) is 10.7 Å². The van der Waals surface area contributed by atoms with Crippen LogP contribution in [0.3, 0.4) is 0 Å². The number of carbonyl (C=O) groups excluding carboxylic acids is 1. The Bertz CT molecular complexity index is 1370. The van der Waals surface area contributed by atoms with Gasteiger partial charge in [0.2, 0.25) is 0 Å². The average Bonchev–Trinajstić information content (AvgIpc) is 3.26. The van der Waals surface area contributed by atoms with Crippen molar-refractivity contribution in [2.45, 2.75) is 26.2 Å². The van der Waals surface area contributed by atoms with Crippen molar-refractivity contribution in [1.82, 2.24) is 14.7 Å². The largest absolute Gasteiger partial charge is 0.357 e. The van der Waals surface area contributed by atoms with Gasteiger partial charge in [0.25, 0.3) is 5.91 Å². The molecule has 34 heavy (non-hydrogen) atoms. The van der Waals surface area contributed by atoms with Crippen LogP contribution in [-0.2, 0) is 0 Å². The lowest BCUT2D eigenvalue weighted by molar-refractivity contribution is 0.101. The van der Waals surface area contributed by atoms with Crippen LogP contribution < -0.4 is 5.32 Å². The number of amidine groups is 1. The van der Waals surface area contributed by atoms with Crippen molar-refractivity contribution >= 4 is 44.1 Å². The van der Waals surface area contributed by atoms with Crippen LogP contribution in [0.1, 0.15) is 41.0 Å². The first-order chi connectivity index (χ1) is 16.5. The zero-order valence-corrected chi connectivity index (χ0v) is 20.6. The number of aromatic nitrogens is 2. The summed E-state index contributed by atoms with van der Waals surface area (Å²) in [7, 11) is 0. The number of benzene rings is 3. The Kier molecular flexibility index (Phi) is 6.20. The van der Waals surface area contributed by atoms with Crippen molar-refractivity contribution in [3.63, 3.8) is 0 Å². The van der Waals surface area contributed by atoms with Crippen LogP contribution in [0.5, 0.6) is 0 Å². The quantitative estimate of drug-likeness (QED) is 0.252. The molecule has 1 aliphatic heterocycles. The van der Waals surface area contributed by atoms with E-state index in [0.29, 0.717) is 17.2 Å². The number of likely N-dealkylation sites (tertiary alicyclic amines) is 1. The zero-order chi connectivity index (χ0) is 23.7. The third-order valence-electron chi connectivity index (χ3n) is 6.18. The standard InChI is InChI=1S/C27H26BrN5O/c1-18-15-25(33(31-18)24-12-8-20-16-22(28)9-5-21(20)17-24)27(34)30-23-10-6-19(7-11-23)26(29)32-13-3-2-4-14-32/h5-12,15-17,29H,2-4,13-14H2,1H3,(H,30,34). The Morgan fingerprint density at radius 1 is 0.941 bits per heavy atom. The summed E-state index contributed by atoms with van der Waals surface area (Å²) >= 11 is 3.51. The topological polar surface area (TPSA) is 74.0 Å². The number of hydrogen-bond donors (Lipinski definition) is 2. The van der Waals surface area contributed by atoms with Gasteiger partial charge in [-0.1, -0.05) is 28.1 Å². The Balaban J connectivity index is 1.36. The van der Waals surface area contributed by atoms with E-state index in [0.717, 1.165) is 58.1 Å². The van der Waals surface area contributed by atoms with Gasteiger partial charge in [-0.05, 0) is 91.6 Å². The summed E-state index contributed by atoms with van der Waals surface area (Å²) < 4.78 is 2.71. The first-order valence-corrected chi connectivity index (χ1v) is 12.3. The minimum Gasteiger partial charge on any atom is -0.357 e. The molecule has 6 nitrogen and oxygen atoms in total. The first-order valence-electron chi connectivity index (χ1n) is 11.5. The molecule has 0 spiro atoms. The van der Waals surface area contributed by atoms with Crippen LogP contribution in [-0.4, -0.2) is 39.5 Å². The van der Waals surface area contributed by atoms with E-state index in [-0.39, 0.29) is 5.91 Å². The molecular weight excluding hydrogens is 490 g/mol. The third-order valence-corrected chi connectivity index (χ3v) is 6.68. The van der Waals surface area contributed by atoms with E-state index in [4.69, 9.17) is 5.41 Å². The smallest absolute Gasteiger partial charge is 0.274 e. The van der Waals surface area contributed by atoms with Gasteiger partial charge >= 0.3 is 0 Å². The number of carbonyl (C=O) groups is 1. The van der Waals surface area contributed by atoms with Crippen molar-refractivity contribution < 1.29 is 4.79 Å². The van der Waals surface area contributed by atoms with Gasteiger partial charge in [0, 0.05) is 28.8 Å². The van der Waals surface area contributed by atoms with Crippen LogP contribution in [0.25, 0.3) is 16.5 Å². The minimum atomic E-state index is -0.227. The van der Waals surface area contributed by atoms with Crippen LogP contribution in [0.15, 0.2) is 71.2 Å². The van der Waals surface area contributed by atoms with Gasteiger partial charge in [-0.15, -0.1) is 0 Å². The molecule has 7 heteroatoms. The van der Waals surface area contributed by atoms with Crippen LogP contribution in [0, 0.1) is 12.3 Å². The zero-order valence-electron chi connectivity index (χ0n) is 19.0. The molecule has 0 bridgehead atoms. The van der Waals surface area contributed by atoms with Crippen molar-refractivity contribution in [2.24, 2.45) is 0 Å². The van der Waals surface area contributed by atoms with Crippen molar-refractivity contribution in [3.05, 3.63) is 88.2 Å². The molecule has 1 saturated heterocycles. The van der Waals surface area contributed by atoms with Crippen molar-refractivity contribution in [2.75, 3.05) is 18.4 Å². The van der Waals surface area contributed by atoms with Crippen LogP contribution in [0.2, 0.25) is 0 Å². The van der Waals surface area contributed by atoms with E-state index in [9.17, 15) is 4.79 Å². The fourth-order valence-electron chi connectivity index (χ4n) is 4.40. The molecule has 1 aromatic heterocycles. The lowest BCUT2D eigenvalue weighted by Gasteiger charge is -2.29. The highest BCUT2D eigenvalue weighted by Crippen LogP contribution is 2.24. The van der Waals surface area contributed by atoms with Gasteiger partial charge < -0.3 is 10.2 Å². The molecule has 172 valence electrons. The Labute approximate surface area is 207 Å². The van der Waals surface area contributed by atoms with Crippen molar-refractivity contribution in [3.8, 4) is 5.69 Å². The van der Waals surface area contributed by atoms with Gasteiger partial charge in [0.15, 0.2) is 0 Å². The maximum absolute atomic E-state index is 13.2. The third kappa shape index (κ3) is 4.61. The number of halogens is 1. The average molecular weight is 516 g/mol. The summed E-state index contributed by atoms with van der Waals surface area (Å²) in [5.41, 5.74) is 3.63.